The summed E-state index contributed by atoms with van der Waals surface area (Å²) in [7, 11) is -3.14. The molecule has 1 aromatic carbocycles. The van der Waals surface area contributed by atoms with Gasteiger partial charge in [-0.1, -0.05) is 5.92 Å². The quantitative estimate of drug-likeness (QED) is 0.848. The molecule has 0 saturated carbocycles. The molecule has 1 heterocycles. The first-order valence-electron chi connectivity index (χ1n) is 6.28. The average molecular weight is 311 g/mol. The number of carbonyl (C=O) groups excluding carboxylic acids is 1. The van der Waals surface area contributed by atoms with Crippen molar-refractivity contribution < 1.29 is 22.3 Å². The molecular formula is C14H14FNO4S. The second-order valence-corrected chi connectivity index (χ2v) is 6.95. The SMILES string of the molecule is C#CCOc1cc(F)ccc1NC(=O)[C@@H]1CCS(=O)(=O)C1. The summed E-state index contributed by atoms with van der Waals surface area (Å²) in [5.41, 5.74) is 0.265. The van der Waals surface area contributed by atoms with Crippen LogP contribution < -0.4 is 10.1 Å². The second kappa shape index (κ2) is 6.14. The zero-order chi connectivity index (χ0) is 15.5. The molecule has 1 fully saturated rings. The smallest absolute Gasteiger partial charge is 0.228 e. The summed E-state index contributed by atoms with van der Waals surface area (Å²) in [4.78, 5) is 12.0. The summed E-state index contributed by atoms with van der Waals surface area (Å²) in [5.74, 6) is 0.657. The molecule has 1 atom stereocenters. The number of hydrogen-bond acceptors (Lipinski definition) is 4. The van der Waals surface area contributed by atoms with Crippen molar-refractivity contribution in [2.45, 2.75) is 6.42 Å². The van der Waals surface area contributed by atoms with Crippen LogP contribution in [0.15, 0.2) is 18.2 Å². The lowest BCUT2D eigenvalue weighted by atomic mass is 10.1. The molecule has 0 radical (unpaired) electrons. The Morgan fingerprint density at radius 3 is 2.90 bits per heavy atom. The van der Waals surface area contributed by atoms with Crippen LogP contribution in [0, 0.1) is 24.1 Å². The van der Waals surface area contributed by atoms with Crippen molar-refractivity contribution in [3.63, 3.8) is 0 Å². The molecule has 1 N–H and O–H groups in total. The van der Waals surface area contributed by atoms with Crippen LogP contribution in [-0.4, -0.2) is 32.4 Å². The number of terminal acetylenes is 1. The van der Waals surface area contributed by atoms with E-state index in [1.54, 1.807) is 0 Å². The lowest BCUT2D eigenvalue weighted by Crippen LogP contribution is -2.24. The zero-order valence-corrected chi connectivity index (χ0v) is 12.0. The number of hydrogen-bond donors (Lipinski definition) is 1. The third-order valence-corrected chi connectivity index (χ3v) is 4.88. The van der Waals surface area contributed by atoms with Crippen molar-refractivity contribution in [1.82, 2.24) is 0 Å². The number of sulfone groups is 1. The van der Waals surface area contributed by atoms with E-state index in [9.17, 15) is 17.6 Å². The van der Waals surface area contributed by atoms with Crippen molar-refractivity contribution in [1.29, 1.82) is 0 Å². The number of benzene rings is 1. The third-order valence-electron chi connectivity index (χ3n) is 3.12. The van der Waals surface area contributed by atoms with Gasteiger partial charge >= 0.3 is 0 Å². The van der Waals surface area contributed by atoms with Crippen LogP contribution in [0.25, 0.3) is 0 Å². The van der Waals surface area contributed by atoms with Crippen molar-refractivity contribution in [3.05, 3.63) is 24.0 Å². The van der Waals surface area contributed by atoms with Gasteiger partial charge in [0, 0.05) is 6.07 Å². The highest BCUT2D eigenvalue weighted by Crippen LogP contribution is 2.27. The molecule has 1 aliphatic heterocycles. The summed E-state index contributed by atoms with van der Waals surface area (Å²) >= 11 is 0. The first-order valence-corrected chi connectivity index (χ1v) is 8.10. The van der Waals surface area contributed by atoms with Gasteiger partial charge in [-0.05, 0) is 18.6 Å². The molecule has 0 spiro atoms. The number of rotatable bonds is 4. The van der Waals surface area contributed by atoms with E-state index >= 15 is 0 Å². The van der Waals surface area contributed by atoms with Gasteiger partial charge in [-0.3, -0.25) is 4.79 Å². The van der Waals surface area contributed by atoms with Crippen LogP contribution in [-0.2, 0) is 14.6 Å². The Morgan fingerprint density at radius 2 is 2.29 bits per heavy atom. The summed E-state index contributed by atoms with van der Waals surface area (Å²) < 4.78 is 41.1. The molecular weight excluding hydrogens is 297 g/mol. The van der Waals surface area contributed by atoms with E-state index < -0.39 is 27.5 Å². The van der Waals surface area contributed by atoms with Crippen LogP contribution in [0.3, 0.4) is 0 Å². The number of ether oxygens (including phenoxy) is 1. The summed E-state index contributed by atoms with van der Waals surface area (Å²) in [5, 5.41) is 2.56. The fraction of sp³-hybridized carbons (Fsp3) is 0.357. The maximum absolute atomic E-state index is 13.2. The van der Waals surface area contributed by atoms with Crippen LogP contribution in [0.2, 0.25) is 0 Å². The fourth-order valence-corrected chi connectivity index (χ4v) is 3.82. The van der Waals surface area contributed by atoms with Gasteiger partial charge in [0.15, 0.2) is 9.84 Å². The first kappa shape index (κ1) is 15.3. The molecule has 0 unspecified atom stereocenters. The molecule has 21 heavy (non-hydrogen) atoms. The van der Waals surface area contributed by atoms with Gasteiger partial charge in [-0.25, -0.2) is 12.8 Å². The molecule has 7 heteroatoms. The number of anilines is 1. The fourth-order valence-electron chi connectivity index (χ4n) is 2.07. The minimum Gasteiger partial charge on any atom is -0.479 e. The predicted molar refractivity (Wildman–Crippen MR) is 76.1 cm³/mol. The first-order chi connectivity index (χ1) is 9.91. The van der Waals surface area contributed by atoms with E-state index in [-0.39, 0.29) is 36.0 Å². The lowest BCUT2D eigenvalue weighted by Gasteiger charge is -2.13. The van der Waals surface area contributed by atoms with Gasteiger partial charge in [-0.2, -0.15) is 0 Å². The summed E-state index contributed by atoms with van der Waals surface area (Å²) in [6.45, 7) is -0.0653. The largest absolute Gasteiger partial charge is 0.479 e. The van der Waals surface area contributed by atoms with Crippen LogP contribution in [0.4, 0.5) is 10.1 Å². The lowest BCUT2D eigenvalue weighted by molar-refractivity contribution is -0.119. The normalized spacial score (nSPS) is 19.7. The Labute approximate surface area is 122 Å². The number of nitrogens with one attached hydrogen (secondary N) is 1. The Balaban J connectivity index is 2.12. The molecule has 0 aliphatic carbocycles. The van der Waals surface area contributed by atoms with Crippen LogP contribution >= 0.6 is 0 Å². The van der Waals surface area contributed by atoms with E-state index in [1.807, 2.05) is 0 Å². The van der Waals surface area contributed by atoms with E-state index in [2.05, 4.69) is 11.2 Å². The zero-order valence-electron chi connectivity index (χ0n) is 11.1. The molecule has 2 rings (SSSR count). The van der Waals surface area contributed by atoms with Crippen molar-refractivity contribution >= 4 is 21.4 Å². The molecule has 1 aromatic rings. The van der Waals surface area contributed by atoms with Gasteiger partial charge in [0.1, 0.15) is 18.2 Å². The highest BCUT2D eigenvalue weighted by Gasteiger charge is 2.33. The maximum atomic E-state index is 13.2. The minimum absolute atomic E-state index is 0.00888. The maximum Gasteiger partial charge on any atom is 0.228 e. The van der Waals surface area contributed by atoms with Gasteiger partial charge in [0.25, 0.3) is 0 Å². The Hall–Kier alpha value is -2.07. The van der Waals surface area contributed by atoms with Crippen LogP contribution in [0.5, 0.6) is 5.75 Å². The third kappa shape index (κ3) is 3.95. The topological polar surface area (TPSA) is 72.5 Å². The number of halogens is 1. The van der Waals surface area contributed by atoms with Gasteiger partial charge in [0.2, 0.25) is 5.91 Å². The monoisotopic (exact) mass is 311 g/mol. The minimum atomic E-state index is -3.14. The molecule has 0 bridgehead atoms. The molecule has 1 saturated heterocycles. The highest BCUT2D eigenvalue weighted by atomic mass is 32.2. The molecule has 5 nitrogen and oxygen atoms in total. The van der Waals surface area contributed by atoms with Crippen molar-refractivity contribution in [2.75, 3.05) is 23.4 Å². The van der Waals surface area contributed by atoms with Crippen molar-refractivity contribution in [2.24, 2.45) is 5.92 Å². The molecule has 0 aromatic heterocycles. The van der Waals surface area contributed by atoms with Crippen LogP contribution in [0.1, 0.15) is 6.42 Å². The Kier molecular flexibility index (Phi) is 4.48. The van der Waals surface area contributed by atoms with E-state index in [0.29, 0.717) is 0 Å². The Bertz CT molecular complexity index is 693. The average Bonchev–Trinajstić information content (AvgIpc) is 2.79. The molecule has 1 amide bonds. The van der Waals surface area contributed by atoms with Gasteiger partial charge < -0.3 is 10.1 Å². The predicted octanol–water partition coefficient (Wildman–Crippen LogP) is 1.21. The van der Waals surface area contributed by atoms with E-state index in [0.717, 1.165) is 6.07 Å². The number of amides is 1. The molecule has 1 aliphatic rings. The van der Waals surface area contributed by atoms with Gasteiger partial charge in [0.05, 0.1) is 23.1 Å². The Morgan fingerprint density at radius 1 is 1.52 bits per heavy atom. The summed E-state index contributed by atoms with van der Waals surface area (Å²) in [6, 6.07) is 3.63. The van der Waals surface area contributed by atoms with E-state index in [4.69, 9.17) is 11.2 Å². The standard InChI is InChI=1S/C14H14FNO4S/c1-2-6-20-13-8-11(15)3-4-12(13)16-14(17)10-5-7-21(18,19)9-10/h1,3-4,8,10H,5-7,9H2,(H,16,17)/t10-/m1/s1. The molecule has 112 valence electrons. The number of carbonyl (C=O) groups is 1. The van der Waals surface area contributed by atoms with Gasteiger partial charge in [-0.15, -0.1) is 6.42 Å². The van der Waals surface area contributed by atoms with E-state index in [1.165, 1.54) is 12.1 Å². The van der Waals surface area contributed by atoms with Crippen molar-refractivity contribution in [3.8, 4) is 18.1 Å². The summed E-state index contributed by atoms with van der Waals surface area (Å²) in [6.07, 6.45) is 5.36. The second-order valence-electron chi connectivity index (χ2n) is 4.72. The highest BCUT2D eigenvalue weighted by molar-refractivity contribution is 7.91.